The minimum absolute atomic E-state index is 0.0666. The van der Waals surface area contributed by atoms with Gasteiger partial charge in [0.05, 0.1) is 23.3 Å². The van der Waals surface area contributed by atoms with E-state index in [1.807, 2.05) is 36.4 Å². The highest BCUT2D eigenvalue weighted by atomic mass is 16.1. The standard InChI is InChI=1S/C18H15N3O/c22-18(17-11-19-15-7-3-4-8-16(15)20-17)21-14-10-9-12-5-1-2-6-13(12)14/h1-8,11,14H,9-10H2,(H,21,22). The first-order valence-corrected chi connectivity index (χ1v) is 7.42. The Morgan fingerprint density at radius 2 is 1.82 bits per heavy atom. The van der Waals surface area contributed by atoms with Crippen LogP contribution in [0.1, 0.15) is 34.1 Å². The lowest BCUT2D eigenvalue weighted by atomic mass is 10.1. The average molecular weight is 289 g/mol. The quantitative estimate of drug-likeness (QED) is 0.789. The maximum atomic E-state index is 12.4. The lowest BCUT2D eigenvalue weighted by molar-refractivity contribution is 0.0931. The Morgan fingerprint density at radius 1 is 1.05 bits per heavy atom. The Bertz CT molecular complexity index is 860. The summed E-state index contributed by atoms with van der Waals surface area (Å²) in [6.45, 7) is 0. The first-order valence-electron chi connectivity index (χ1n) is 7.42. The van der Waals surface area contributed by atoms with E-state index in [0.717, 1.165) is 23.9 Å². The van der Waals surface area contributed by atoms with Crippen molar-refractivity contribution in [3.8, 4) is 0 Å². The van der Waals surface area contributed by atoms with Crippen molar-refractivity contribution < 1.29 is 4.79 Å². The third kappa shape index (κ3) is 2.22. The van der Waals surface area contributed by atoms with Gasteiger partial charge in [0, 0.05) is 0 Å². The zero-order valence-corrected chi connectivity index (χ0v) is 12.0. The molecule has 22 heavy (non-hydrogen) atoms. The number of benzene rings is 2. The van der Waals surface area contributed by atoms with Gasteiger partial charge in [0.25, 0.3) is 5.91 Å². The molecule has 0 saturated carbocycles. The summed E-state index contributed by atoms with van der Waals surface area (Å²) in [6, 6.07) is 15.9. The Morgan fingerprint density at radius 3 is 2.73 bits per heavy atom. The van der Waals surface area contributed by atoms with Crippen LogP contribution in [0, 0.1) is 0 Å². The van der Waals surface area contributed by atoms with Crippen molar-refractivity contribution in [1.82, 2.24) is 15.3 Å². The molecular weight excluding hydrogens is 274 g/mol. The number of rotatable bonds is 2. The molecular formula is C18H15N3O. The zero-order valence-electron chi connectivity index (χ0n) is 12.0. The molecule has 1 aromatic heterocycles. The third-order valence-corrected chi connectivity index (χ3v) is 4.12. The summed E-state index contributed by atoms with van der Waals surface area (Å²) in [6.07, 6.45) is 3.48. The van der Waals surface area contributed by atoms with E-state index in [4.69, 9.17) is 0 Å². The topological polar surface area (TPSA) is 54.9 Å². The molecule has 0 spiro atoms. The van der Waals surface area contributed by atoms with Gasteiger partial charge in [-0.1, -0.05) is 36.4 Å². The van der Waals surface area contributed by atoms with E-state index in [0.29, 0.717) is 5.69 Å². The molecule has 0 aliphatic heterocycles. The largest absolute Gasteiger partial charge is 0.344 e. The monoisotopic (exact) mass is 289 g/mol. The summed E-state index contributed by atoms with van der Waals surface area (Å²) in [5.41, 5.74) is 4.43. The van der Waals surface area contributed by atoms with Crippen LogP contribution in [0.5, 0.6) is 0 Å². The first-order chi connectivity index (χ1) is 10.8. The van der Waals surface area contributed by atoms with Gasteiger partial charge in [-0.25, -0.2) is 4.98 Å². The molecule has 0 saturated heterocycles. The van der Waals surface area contributed by atoms with Crippen LogP contribution in [0.15, 0.2) is 54.7 Å². The minimum Gasteiger partial charge on any atom is -0.344 e. The highest BCUT2D eigenvalue weighted by Gasteiger charge is 2.24. The molecule has 108 valence electrons. The van der Waals surface area contributed by atoms with E-state index >= 15 is 0 Å². The van der Waals surface area contributed by atoms with Gasteiger partial charge < -0.3 is 5.32 Å². The van der Waals surface area contributed by atoms with Crippen LogP contribution in [0.25, 0.3) is 11.0 Å². The second kappa shape index (κ2) is 5.22. The summed E-state index contributed by atoms with van der Waals surface area (Å²) in [7, 11) is 0. The van der Waals surface area contributed by atoms with Gasteiger partial charge in [-0.2, -0.15) is 0 Å². The number of amides is 1. The number of aromatic nitrogens is 2. The van der Waals surface area contributed by atoms with Crippen LogP contribution >= 0.6 is 0 Å². The van der Waals surface area contributed by atoms with E-state index in [-0.39, 0.29) is 11.9 Å². The molecule has 3 aromatic rings. The predicted molar refractivity (Wildman–Crippen MR) is 84.5 cm³/mol. The number of hydrogen-bond acceptors (Lipinski definition) is 3. The normalized spacial score (nSPS) is 16.5. The van der Waals surface area contributed by atoms with Crippen LogP contribution in [0.4, 0.5) is 0 Å². The number of aryl methyl sites for hydroxylation is 1. The maximum absolute atomic E-state index is 12.4. The summed E-state index contributed by atoms with van der Waals surface area (Å²) < 4.78 is 0. The second-order valence-electron chi connectivity index (χ2n) is 5.51. The van der Waals surface area contributed by atoms with E-state index in [1.54, 1.807) is 6.20 Å². The van der Waals surface area contributed by atoms with Gasteiger partial charge in [0.15, 0.2) is 0 Å². The Kier molecular flexibility index (Phi) is 3.07. The molecule has 1 heterocycles. The van der Waals surface area contributed by atoms with Crippen molar-refractivity contribution in [2.45, 2.75) is 18.9 Å². The van der Waals surface area contributed by atoms with Crippen LogP contribution in [-0.2, 0) is 6.42 Å². The molecule has 0 radical (unpaired) electrons. The van der Waals surface area contributed by atoms with Gasteiger partial charge in [-0.3, -0.25) is 9.78 Å². The van der Waals surface area contributed by atoms with E-state index in [2.05, 4.69) is 27.4 Å². The van der Waals surface area contributed by atoms with Crippen LogP contribution in [0.3, 0.4) is 0 Å². The van der Waals surface area contributed by atoms with Crippen molar-refractivity contribution in [2.24, 2.45) is 0 Å². The molecule has 0 fully saturated rings. The number of carbonyl (C=O) groups excluding carboxylic acids is 1. The lowest BCUT2D eigenvalue weighted by Crippen LogP contribution is -2.28. The molecule has 1 aliphatic carbocycles. The molecule has 1 aliphatic rings. The minimum atomic E-state index is -0.167. The van der Waals surface area contributed by atoms with E-state index in [1.165, 1.54) is 11.1 Å². The highest BCUT2D eigenvalue weighted by Crippen LogP contribution is 2.30. The number of nitrogens with one attached hydrogen (secondary N) is 1. The molecule has 4 heteroatoms. The highest BCUT2D eigenvalue weighted by molar-refractivity contribution is 5.94. The Labute approximate surface area is 128 Å². The molecule has 1 unspecified atom stereocenters. The summed E-state index contributed by atoms with van der Waals surface area (Å²) in [5, 5.41) is 3.07. The third-order valence-electron chi connectivity index (χ3n) is 4.12. The number of para-hydroxylation sites is 2. The van der Waals surface area contributed by atoms with Crippen molar-refractivity contribution in [1.29, 1.82) is 0 Å². The molecule has 0 bridgehead atoms. The molecule has 1 amide bonds. The summed E-state index contributed by atoms with van der Waals surface area (Å²) in [4.78, 5) is 21.1. The fourth-order valence-corrected chi connectivity index (χ4v) is 3.01. The first kappa shape index (κ1) is 13.0. The number of hydrogen-bond donors (Lipinski definition) is 1. The van der Waals surface area contributed by atoms with Gasteiger partial charge in [0.2, 0.25) is 0 Å². The zero-order chi connectivity index (χ0) is 14.9. The van der Waals surface area contributed by atoms with Crippen LogP contribution in [-0.4, -0.2) is 15.9 Å². The van der Waals surface area contributed by atoms with Crippen LogP contribution < -0.4 is 5.32 Å². The summed E-state index contributed by atoms with van der Waals surface area (Å²) >= 11 is 0. The maximum Gasteiger partial charge on any atom is 0.271 e. The van der Waals surface area contributed by atoms with Crippen molar-refractivity contribution in [3.05, 3.63) is 71.5 Å². The molecule has 4 rings (SSSR count). The van der Waals surface area contributed by atoms with Gasteiger partial charge in [-0.05, 0) is 36.1 Å². The second-order valence-corrected chi connectivity index (χ2v) is 5.51. The number of carbonyl (C=O) groups is 1. The van der Waals surface area contributed by atoms with E-state index in [9.17, 15) is 4.79 Å². The SMILES string of the molecule is O=C(NC1CCc2ccccc21)c1cnc2ccccc2n1. The van der Waals surface area contributed by atoms with Crippen molar-refractivity contribution >= 4 is 16.9 Å². The predicted octanol–water partition coefficient (Wildman–Crippen LogP) is 3.05. The average Bonchev–Trinajstić information content (AvgIpc) is 2.97. The Balaban J connectivity index is 1.59. The smallest absolute Gasteiger partial charge is 0.271 e. The lowest BCUT2D eigenvalue weighted by Gasteiger charge is -2.13. The molecule has 1 atom stereocenters. The summed E-state index contributed by atoms with van der Waals surface area (Å²) in [5.74, 6) is -0.167. The number of nitrogens with zero attached hydrogens (tertiary/aromatic N) is 2. The molecule has 1 N–H and O–H groups in total. The van der Waals surface area contributed by atoms with E-state index < -0.39 is 0 Å². The molecule has 4 nitrogen and oxygen atoms in total. The number of fused-ring (bicyclic) bond motifs is 2. The fourth-order valence-electron chi connectivity index (χ4n) is 3.01. The fraction of sp³-hybridized carbons (Fsp3) is 0.167. The van der Waals surface area contributed by atoms with Gasteiger partial charge in [0.1, 0.15) is 5.69 Å². The van der Waals surface area contributed by atoms with Crippen LogP contribution in [0.2, 0.25) is 0 Å². The Hall–Kier alpha value is -2.75. The van der Waals surface area contributed by atoms with Crippen molar-refractivity contribution in [3.63, 3.8) is 0 Å². The van der Waals surface area contributed by atoms with Gasteiger partial charge >= 0.3 is 0 Å². The van der Waals surface area contributed by atoms with Gasteiger partial charge in [-0.15, -0.1) is 0 Å². The molecule has 2 aromatic carbocycles. The van der Waals surface area contributed by atoms with Crippen molar-refractivity contribution in [2.75, 3.05) is 0 Å².